The molecule has 2 amide bonds. The van der Waals surface area contributed by atoms with Crippen molar-refractivity contribution in [1.82, 2.24) is 0 Å². The topological polar surface area (TPSA) is 41.1 Å². The van der Waals surface area contributed by atoms with Gasteiger partial charge >= 0.3 is 6.03 Å². The Kier molecular flexibility index (Phi) is 4.76. The number of halogens is 3. The highest BCUT2D eigenvalue weighted by molar-refractivity contribution is 14.1. The van der Waals surface area contributed by atoms with Crippen LogP contribution in [0.3, 0.4) is 0 Å². The number of rotatable bonds is 2. The molecule has 2 N–H and O–H groups in total. The molecule has 0 bridgehead atoms. The molecular weight excluding hydrogens is 426 g/mol. The largest absolute Gasteiger partial charge is 0.323 e. The molecule has 0 aromatic heterocycles. The zero-order valence-electron chi connectivity index (χ0n) is 9.58. The van der Waals surface area contributed by atoms with Crippen molar-refractivity contribution in [3.05, 3.63) is 56.3 Å². The molecule has 0 aliphatic heterocycles. The summed E-state index contributed by atoms with van der Waals surface area (Å²) >= 11 is 5.52. The van der Waals surface area contributed by atoms with Gasteiger partial charge in [-0.25, -0.2) is 9.18 Å². The van der Waals surface area contributed by atoms with Gasteiger partial charge in [-0.15, -0.1) is 0 Å². The van der Waals surface area contributed by atoms with E-state index in [1.54, 1.807) is 18.2 Å². The van der Waals surface area contributed by atoms with Gasteiger partial charge < -0.3 is 10.6 Å². The van der Waals surface area contributed by atoms with E-state index in [9.17, 15) is 9.18 Å². The van der Waals surface area contributed by atoms with E-state index in [0.717, 1.165) is 8.04 Å². The van der Waals surface area contributed by atoms with Crippen LogP contribution >= 0.6 is 38.5 Å². The maximum atomic E-state index is 13.4. The summed E-state index contributed by atoms with van der Waals surface area (Å²) in [6.07, 6.45) is 0. The van der Waals surface area contributed by atoms with Crippen molar-refractivity contribution in [2.24, 2.45) is 0 Å². The fraction of sp³-hybridized carbons (Fsp3) is 0. The SMILES string of the molecule is O=C(Nc1ccc(Br)c(I)c1)Nc1ccccc1F. The zero-order valence-corrected chi connectivity index (χ0v) is 13.3. The average molecular weight is 435 g/mol. The molecule has 0 radical (unpaired) electrons. The van der Waals surface area contributed by atoms with Crippen molar-refractivity contribution < 1.29 is 9.18 Å². The van der Waals surface area contributed by atoms with E-state index in [4.69, 9.17) is 0 Å². The maximum absolute atomic E-state index is 13.4. The number of para-hydroxylation sites is 1. The lowest BCUT2D eigenvalue weighted by atomic mass is 10.3. The van der Waals surface area contributed by atoms with Crippen LogP contribution in [0.25, 0.3) is 0 Å². The summed E-state index contributed by atoms with van der Waals surface area (Å²) in [5.41, 5.74) is 0.785. The highest BCUT2D eigenvalue weighted by Crippen LogP contribution is 2.22. The van der Waals surface area contributed by atoms with Gasteiger partial charge in [0.15, 0.2) is 0 Å². The monoisotopic (exact) mass is 434 g/mol. The number of benzene rings is 2. The third-order valence-electron chi connectivity index (χ3n) is 2.30. The second kappa shape index (κ2) is 6.33. The molecule has 0 saturated heterocycles. The first-order chi connectivity index (χ1) is 9.06. The van der Waals surface area contributed by atoms with Crippen LogP contribution in [0.5, 0.6) is 0 Å². The predicted molar refractivity (Wildman–Crippen MR) is 85.9 cm³/mol. The summed E-state index contributed by atoms with van der Waals surface area (Å²) in [5.74, 6) is -0.469. The molecule has 2 rings (SSSR count). The Morgan fingerprint density at radius 2 is 1.89 bits per heavy atom. The number of anilines is 2. The standard InChI is InChI=1S/C13H9BrFIN2O/c14-9-6-5-8(7-11(9)16)17-13(19)18-12-4-2-1-3-10(12)15/h1-7H,(H2,17,18,19). The minimum Gasteiger partial charge on any atom is -0.308 e. The second-order valence-corrected chi connectivity index (χ2v) is 5.70. The van der Waals surface area contributed by atoms with Gasteiger partial charge in [0.25, 0.3) is 0 Å². The lowest BCUT2D eigenvalue weighted by Gasteiger charge is -2.09. The molecule has 98 valence electrons. The molecule has 0 aliphatic carbocycles. The minimum atomic E-state index is -0.483. The van der Waals surface area contributed by atoms with Crippen molar-refractivity contribution in [2.45, 2.75) is 0 Å². The molecule has 0 heterocycles. The highest BCUT2D eigenvalue weighted by Gasteiger charge is 2.07. The summed E-state index contributed by atoms with van der Waals surface area (Å²) in [7, 11) is 0. The number of hydrogen-bond acceptors (Lipinski definition) is 1. The van der Waals surface area contributed by atoms with Gasteiger partial charge in [0, 0.05) is 13.7 Å². The van der Waals surface area contributed by atoms with Crippen LogP contribution in [0.1, 0.15) is 0 Å². The van der Waals surface area contributed by atoms with Gasteiger partial charge in [-0.1, -0.05) is 12.1 Å². The number of carbonyl (C=O) groups is 1. The Hall–Kier alpha value is -1.15. The van der Waals surface area contributed by atoms with E-state index in [2.05, 4.69) is 49.2 Å². The molecule has 0 aliphatic rings. The van der Waals surface area contributed by atoms with Crippen molar-refractivity contribution in [3.63, 3.8) is 0 Å². The number of amides is 2. The average Bonchev–Trinajstić information content (AvgIpc) is 2.37. The zero-order chi connectivity index (χ0) is 13.8. The quantitative estimate of drug-likeness (QED) is 0.652. The van der Waals surface area contributed by atoms with Crippen molar-refractivity contribution >= 4 is 55.9 Å². The van der Waals surface area contributed by atoms with Crippen LogP contribution in [0, 0.1) is 9.39 Å². The molecule has 19 heavy (non-hydrogen) atoms. The molecule has 0 fully saturated rings. The van der Waals surface area contributed by atoms with E-state index in [0.29, 0.717) is 5.69 Å². The van der Waals surface area contributed by atoms with Gasteiger partial charge in [0.2, 0.25) is 0 Å². The van der Waals surface area contributed by atoms with Gasteiger partial charge in [0.1, 0.15) is 5.82 Å². The maximum Gasteiger partial charge on any atom is 0.323 e. The number of hydrogen-bond donors (Lipinski definition) is 2. The van der Waals surface area contributed by atoms with Crippen molar-refractivity contribution in [2.75, 3.05) is 10.6 Å². The first-order valence-electron chi connectivity index (χ1n) is 5.34. The van der Waals surface area contributed by atoms with Gasteiger partial charge in [-0.05, 0) is 68.9 Å². The minimum absolute atomic E-state index is 0.145. The van der Waals surface area contributed by atoms with Crippen LogP contribution < -0.4 is 10.6 Å². The van der Waals surface area contributed by atoms with Gasteiger partial charge in [-0.2, -0.15) is 0 Å². The molecule has 2 aromatic carbocycles. The van der Waals surface area contributed by atoms with Crippen molar-refractivity contribution in [3.8, 4) is 0 Å². The first kappa shape index (κ1) is 14.3. The van der Waals surface area contributed by atoms with Crippen LogP contribution in [0.15, 0.2) is 46.9 Å². The third kappa shape index (κ3) is 3.90. The van der Waals surface area contributed by atoms with Crippen LogP contribution in [-0.2, 0) is 0 Å². The van der Waals surface area contributed by atoms with Crippen LogP contribution in [0.2, 0.25) is 0 Å². The Morgan fingerprint density at radius 1 is 1.16 bits per heavy atom. The highest BCUT2D eigenvalue weighted by atomic mass is 127. The molecule has 0 atom stereocenters. The molecule has 0 unspecified atom stereocenters. The van der Waals surface area contributed by atoms with Crippen LogP contribution in [0.4, 0.5) is 20.6 Å². The number of urea groups is 1. The molecule has 3 nitrogen and oxygen atoms in total. The fourth-order valence-electron chi connectivity index (χ4n) is 1.42. The lowest BCUT2D eigenvalue weighted by Crippen LogP contribution is -2.20. The second-order valence-electron chi connectivity index (χ2n) is 3.69. The van der Waals surface area contributed by atoms with Gasteiger partial charge in [0.05, 0.1) is 5.69 Å². The molecule has 2 aromatic rings. The molecule has 6 heteroatoms. The Labute approximate surface area is 131 Å². The summed E-state index contributed by atoms with van der Waals surface area (Å²) in [5, 5.41) is 5.10. The number of nitrogens with one attached hydrogen (secondary N) is 2. The molecule has 0 saturated carbocycles. The lowest BCUT2D eigenvalue weighted by molar-refractivity contribution is 0.262. The fourth-order valence-corrected chi connectivity index (χ4v) is 2.18. The molecule has 0 spiro atoms. The normalized spacial score (nSPS) is 10.1. The Bertz CT molecular complexity index is 621. The summed E-state index contributed by atoms with van der Waals surface area (Å²) in [4.78, 5) is 11.7. The van der Waals surface area contributed by atoms with Crippen LogP contribution in [-0.4, -0.2) is 6.03 Å². The Morgan fingerprint density at radius 3 is 2.58 bits per heavy atom. The smallest absolute Gasteiger partial charge is 0.308 e. The van der Waals surface area contributed by atoms with E-state index in [1.165, 1.54) is 12.1 Å². The summed E-state index contributed by atoms with van der Waals surface area (Å²) < 4.78 is 15.3. The summed E-state index contributed by atoms with van der Waals surface area (Å²) in [6, 6.07) is 10.9. The van der Waals surface area contributed by atoms with Crippen molar-refractivity contribution in [1.29, 1.82) is 0 Å². The van der Waals surface area contributed by atoms with E-state index in [1.807, 2.05) is 12.1 Å². The van der Waals surface area contributed by atoms with E-state index in [-0.39, 0.29) is 5.69 Å². The Balaban J connectivity index is 2.05. The summed E-state index contributed by atoms with van der Waals surface area (Å²) in [6.45, 7) is 0. The van der Waals surface area contributed by atoms with E-state index < -0.39 is 11.8 Å². The first-order valence-corrected chi connectivity index (χ1v) is 7.21. The predicted octanol–water partition coefficient (Wildman–Crippen LogP) is 4.84. The number of carbonyl (C=O) groups excluding carboxylic acids is 1. The third-order valence-corrected chi connectivity index (χ3v) is 4.62. The van der Waals surface area contributed by atoms with Gasteiger partial charge in [-0.3, -0.25) is 0 Å². The van der Waals surface area contributed by atoms with E-state index >= 15 is 0 Å². The molecular formula is C13H9BrFIN2O.